The zero-order chi connectivity index (χ0) is 17.6. The minimum Gasteiger partial charge on any atom is -0.357 e. The number of fused-ring (bicyclic) bond motifs is 1. The second kappa shape index (κ2) is 9.51. The van der Waals surface area contributed by atoms with Crippen LogP contribution in [0.25, 0.3) is 0 Å². The van der Waals surface area contributed by atoms with Crippen molar-refractivity contribution in [3.63, 3.8) is 0 Å². The minimum absolute atomic E-state index is 0. The van der Waals surface area contributed by atoms with E-state index in [1.54, 1.807) is 4.68 Å². The monoisotopic (exact) mass is 469 g/mol. The lowest BCUT2D eigenvalue weighted by molar-refractivity contribution is -0.116. The van der Waals surface area contributed by atoms with Crippen LogP contribution in [0.2, 0.25) is 0 Å². The molecule has 0 radical (unpaired) electrons. The quantitative estimate of drug-likeness (QED) is 0.352. The number of amides is 1. The molecular weight excluding hydrogens is 445 g/mol. The summed E-state index contributed by atoms with van der Waals surface area (Å²) in [5.74, 6) is 1.66. The van der Waals surface area contributed by atoms with Crippen LogP contribution in [-0.2, 0) is 18.4 Å². The van der Waals surface area contributed by atoms with Crippen LogP contribution in [0.3, 0.4) is 0 Å². The molecule has 0 saturated carbocycles. The van der Waals surface area contributed by atoms with E-state index in [2.05, 4.69) is 37.1 Å². The molecule has 1 amide bonds. The molecule has 2 aromatic rings. The Morgan fingerprint density at radius 1 is 1.38 bits per heavy atom. The van der Waals surface area contributed by atoms with Gasteiger partial charge in [-0.25, -0.2) is 9.98 Å². The Labute approximate surface area is 169 Å². The van der Waals surface area contributed by atoms with E-state index in [1.165, 1.54) is 6.33 Å². The fourth-order valence-corrected chi connectivity index (χ4v) is 2.86. The Hall–Kier alpha value is -2.17. The molecule has 3 N–H and O–H groups in total. The van der Waals surface area contributed by atoms with E-state index in [-0.39, 0.29) is 35.8 Å². The van der Waals surface area contributed by atoms with Crippen molar-refractivity contribution in [1.82, 2.24) is 25.4 Å². The molecule has 3 rings (SSSR count). The maximum absolute atomic E-state index is 11.9. The highest BCUT2D eigenvalue weighted by Gasteiger charge is 2.24. The molecule has 140 valence electrons. The summed E-state index contributed by atoms with van der Waals surface area (Å²) in [6.07, 6.45) is 1.98. The lowest BCUT2D eigenvalue weighted by Gasteiger charge is -2.26. The topological polar surface area (TPSA) is 96.2 Å². The van der Waals surface area contributed by atoms with E-state index < -0.39 is 0 Å². The maximum atomic E-state index is 11.9. The van der Waals surface area contributed by atoms with E-state index in [9.17, 15) is 4.79 Å². The van der Waals surface area contributed by atoms with E-state index in [0.717, 1.165) is 23.6 Å². The largest absolute Gasteiger partial charge is 0.357 e. The van der Waals surface area contributed by atoms with E-state index in [4.69, 9.17) is 0 Å². The molecule has 0 fully saturated rings. The van der Waals surface area contributed by atoms with E-state index in [1.807, 2.05) is 32.2 Å². The van der Waals surface area contributed by atoms with Crippen molar-refractivity contribution >= 4 is 41.5 Å². The molecule has 9 heteroatoms. The van der Waals surface area contributed by atoms with Gasteiger partial charge in [0.05, 0.1) is 0 Å². The highest BCUT2D eigenvalue weighted by atomic mass is 127. The first-order chi connectivity index (χ1) is 12.2. The van der Waals surface area contributed by atoms with Gasteiger partial charge in [0.1, 0.15) is 18.7 Å². The summed E-state index contributed by atoms with van der Waals surface area (Å²) >= 11 is 0. The van der Waals surface area contributed by atoms with Crippen LogP contribution in [0, 0.1) is 0 Å². The number of nitrogens with zero attached hydrogens (tertiary/aromatic N) is 4. The Morgan fingerprint density at radius 3 is 2.92 bits per heavy atom. The maximum Gasteiger partial charge on any atom is 0.225 e. The first kappa shape index (κ1) is 20.1. The number of anilines is 1. The first-order valence-corrected chi connectivity index (χ1v) is 8.41. The summed E-state index contributed by atoms with van der Waals surface area (Å²) in [5.41, 5.74) is 2.05. The number of benzene rings is 1. The van der Waals surface area contributed by atoms with Crippen molar-refractivity contribution in [2.45, 2.75) is 25.8 Å². The predicted octanol–water partition coefficient (Wildman–Crippen LogP) is 1.61. The zero-order valence-corrected chi connectivity index (χ0v) is 17.2. The van der Waals surface area contributed by atoms with Crippen molar-refractivity contribution in [3.8, 4) is 0 Å². The summed E-state index contributed by atoms with van der Waals surface area (Å²) in [6, 6.07) is 7.93. The van der Waals surface area contributed by atoms with Crippen LogP contribution < -0.4 is 16.0 Å². The minimum atomic E-state index is 0. The van der Waals surface area contributed by atoms with Gasteiger partial charge in [-0.1, -0.05) is 18.2 Å². The fourth-order valence-electron chi connectivity index (χ4n) is 2.86. The van der Waals surface area contributed by atoms with Crippen LogP contribution in [-0.4, -0.2) is 39.7 Å². The molecule has 1 unspecified atom stereocenters. The molecule has 8 nitrogen and oxygen atoms in total. The van der Waals surface area contributed by atoms with Gasteiger partial charge < -0.3 is 16.0 Å². The standard InChI is InChI=1S/C17H23N7O.HI/c1-3-18-17(20-10-15-21-11-22-24(15)2)19-9-12-8-16(25)23-14-7-5-4-6-13(12)14;/h4-7,11-12H,3,8-10H2,1-2H3,(H,23,25)(H2,18,19,20);1H. The fraction of sp³-hybridized carbons (Fsp3) is 0.412. The molecule has 1 aliphatic rings. The first-order valence-electron chi connectivity index (χ1n) is 8.41. The van der Waals surface area contributed by atoms with Gasteiger partial charge in [-0.15, -0.1) is 24.0 Å². The molecule has 0 saturated heterocycles. The zero-order valence-electron chi connectivity index (χ0n) is 14.9. The van der Waals surface area contributed by atoms with Crippen molar-refractivity contribution in [1.29, 1.82) is 0 Å². The van der Waals surface area contributed by atoms with Crippen molar-refractivity contribution in [2.24, 2.45) is 12.0 Å². The van der Waals surface area contributed by atoms with Crippen molar-refractivity contribution in [2.75, 3.05) is 18.4 Å². The van der Waals surface area contributed by atoms with E-state index >= 15 is 0 Å². The number of guanidine groups is 1. The average molecular weight is 469 g/mol. The number of hydrogen-bond acceptors (Lipinski definition) is 4. The number of aryl methyl sites for hydroxylation is 1. The van der Waals surface area contributed by atoms with Gasteiger partial charge in [-0.3, -0.25) is 9.48 Å². The van der Waals surface area contributed by atoms with Gasteiger partial charge in [0.15, 0.2) is 5.96 Å². The Kier molecular flexibility index (Phi) is 7.37. The second-order valence-electron chi connectivity index (χ2n) is 5.91. The van der Waals surface area contributed by atoms with Crippen LogP contribution in [0.4, 0.5) is 5.69 Å². The molecule has 0 aliphatic carbocycles. The van der Waals surface area contributed by atoms with Gasteiger partial charge in [0.2, 0.25) is 5.91 Å². The van der Waals surface area contributed by atoms with Crippen LogP contribution in [0.1, 0.15) is 30.7 Å². The third-order valence-electron chi connectivity index (χ3n) is 4.15. The molecule has 2 heterocycles. The number of para-hydroxylation sites is 1. The molecule has 1 aliphatic heterocycles. The number of hydrogen-bond donors (Lipinski definition) is 3. The summed E-state index contributed by atoms with van der Waals surface area (Å²) < 4.78 is 1.70. The number of aromatic nitrogens is 3. The van der Waals surface area contributed by atoms with Crippen molar-refractivity contribution < 1.29 is 4.79 Å². The third-order valence-corrected chi connectivity index (χ3v) is 4.15. The van der Waals surface area contributed by atoms with Crippen LogP contribution >= 0.6 is 24.0 Å². The Bertz CT molecular complexity index is 774. The smallest absolute Gasteiger partial charge is 0.225 e. The summed E-state index contributed by atoms with van der Waals surface area (Å²) in [6.45, 7) is 3.85. The lowest BCUT2D eigenvalue weighted by atomic mass is 9.90. The molecule has 0 spiro atoms. The highest BCUT2D eigenvalue weighted by molar-refractivity contribution is 14.0. The van der Waals surface area contributed by atoms with E-state index in [0.29, 0.717) is 25.5 Å². The second-order valence-corrected chi connectivity index (χ2v) is 5.91. The molecule has 1 aromatic carbocycles. The van der Waals surface area contributed by atoms with Gasteiger partial charge in [-0.05, 0) is 18.6 Å². The molecule has 1 aromatic heterocycles. The number of rotatable bonds is 5. The van der Waals surface area contributed by atoms with Crippen LogP contribution in [0.5, 0.6) is 0 Å². The SMILES string of the molecule is CCNC(=NCc1ncnn1C)NCC1CC(=O)Nc2ccccc21.I. The predicted molar refractivity (Wildman–Crippen MR) is 112 cm³/mol. The summed E-state index contributed by atoms with van der Waals surface area (Å²) in [4.78, 5) is 20.6. The number of carbonyl (C=O) groups excluding carboxylic acids is 1. The van der Waals surface area contributed by atoms with Gasteiger partial charge in [0, 0.05) is 38.2 Å². The normalized spacial score (nSPS) is 16.3. The Balaban J connectivity index is 0.00000243. The number of nitrogens with one attached hydrogen (secondary N) is 3. The molecule has 26 heavy (non-hydrogen) atoms. The third kappa shape index (κ3) is 4.93. The number of carbonyl (C=O) groups is 1. The number of halogens is 1. The van der Waals surface area contributed by atoms with Gasteiger partial charge in [-0.2, -0.15) is 5.10 Å². The lowest BCUT2D eigenvalue weighted by Crippen LogP contribution is -2.40. The molecule has 1 atom stereocenters. The highest BCUT2D eigenvalue weighted by Crippen LogP contribution is 2.31. The van der Waals surface area contributed by atoms with Crippen molar-refractivity contribution in [3.05, 3.63) is 42.0 Å². The average Bonchev–Trinajstić information content (AvgIpc) is 3.02. The number of aliphatic imine (C=N–C) groups is 1. The van der Waals surface area contributed by atoms with Gasteiger partial charge >= 0.3 is 0 Å². The summed E-state index contributed by atoms with van der Waals surface area (Å²) in [5, 5.41) is 13.5. The van der Waals surface area contributed by atoms with Crippen LogP contribution in [0.15, 0.2) is 35.6 Å². The molecule has 0 bridgehead atoms. The summed E-state index contributed by atoms with van der Waals surface area (Å²) in [7, 11) is 1.84. The Morgan fingerprint density at radius 2 is 2.19 bits per heavy atom. The van der Waals surface area contributed by atoms with Gasteiger partial charge in [0.25, 0.3) is 0 Å². The molecular formula is C17H24IN7O.